The van der Waals surface area contributed by atoms with E-state index in [0.717, 1.165) is 32.7 Å². The molecular formula is C27H38N4O6S. The monoisotopic (exact) mass is 546 g/mol. The lowest BCUT2D eigenvalue weighted by atomic mass is 10.1. The Balaban J connectivity index is 1.59. The summed E-state index contributed by atoms with van der Waals surface area (Å²) in [5, 5.41) is 27.1. The Morgan fingerprint density at radius 2 is 1.39 bits per heavy atom. The molecule has 3 aromatic rings. The lowest BCUT2D eigenvalue weighted by molar-refractivity contribution is 0.0316. The number of hydrogen-bond donors (Lipinski definition) is 2. The van der Waals surface area contributed by atoms with Crippen molar-refractivity contribution in [3.8, 4) is 0 Å². The lowest BCUT2D eigenvalue weighted by Crippen LogP contribution is -2.31. The molecule has 2 aromatic carbocycles. The van der Waals surface area contributed by atoms with Gasteiger partial charge in [0.1, 0.15) is 0 Å². The van der Waals surface area contributed by atoms with Crippen LogP contribution in [0.15, 0.2) is 46.6 Å². The molecule has 0 amide bonds. The van der Waals surface area contributed by atoms with Gasteiger partial charge >= 0.3 is 0 Å². The minimum Gasteiger partial charge on any atom is -0.394 e. The smallest absolute Gasteiger partial charge is 0.231 e. The summed E-state index contributed by atoms with van der Waals surface area (Å²) in [5.74, 6) is 0. The van der Waals surface area contributed by atoms with Crippen LogP contribution in [0.5, 0.6) is 0 Å². The van der Waals surface area contributed by atoms with Gasteiger partial charge in [0.2, 0.25) is 5.13 Å². The first-order valence-electron chi connectivity index (χ1n) is 12.8. The number of nitrogens with zero attached hydrogens (tertiary/aromatic N) is 4. The molecule has 0 aliphatic rings. The summed E-state index contributed by atoms with van der Waals surface area (Å²) in [6, 6.07) is 12.2. The Labute approximate surface area is 227 Å². The molecule has 1 heterocycles. The van der Waals surface area contributed by atoms with Gasteiger partial charge in [-0.2, -0.15) is 0 Å². The number of benzene rings is 2. The highest BCUT2D eigenvalue weighted by Crippen LogP contribution is 2.32. The second kappa shape index (κ2) is 17.2. The SMILES string of the molecule is Cc1cc(N(CCOCCOCCO)CCOCCOCCO)ccc1N=Nc1nc2c(C)cccc2s1. The number of azo groups is 1. The molecule has 0 aliphatic carbocycles. The van der Waals surface area contributed by atoms with Gasteiger partial charge in [0.15, 0.2) is 0 Å². The number of thiazole rings is 1. The predicted octanol–water partition coefficient (Wildman–Crippen LogP) is 4.19. The third kappa shape index (κ3) is 9.99. The normalized spacial score (nSPS) is 11.7. The van der Waals surface area contributed by atoms with Crippen molar-refractivity contribution in [2.45, 2.75) is 13.8 Å². The van der Waals surface area contributed by atoms with Crippen molar-refractivity contribution in [2.24, 2.45) is 10.2 Å². The van der Waals surface area contributed by atoms with Crippen LogP contribution in [-0.2, 0) is 18.9 Å². The summed E-state index contributed by atoms with van der Waals surface area (Å²) in [7, 11) is 0. The van der Waals surface area contributed by atoms with Crippen LogP contribution >= 0.6 is 11.3 Å². The number of ether oxygens (including phenoxy) is 4. The van der Waals surface area contributed by atoms with Gasteiger partial charge in [-0.05, 0) is 49.2 Å². The van der Waals surface area contributed by atoms with E-state index in [1.165, 1.54) is 11.3 Å². The van der Waals surface area contributed by atoms with Crippen molar-refractivity contribution in [2.75, 3.05) is 84.1 Å². The molecule has 0 spiro atoms. The Hall–Kier alpha value is -2.51. The molecule has 0 bridgehead atoms. The van der Waals surface area contributed by atoms with Crippen LogP contribution in [0.3, 0.4) is 0 Å². The van der Waals surface area contributed by atoms with Crippen molar-refractivity contribution in [3.05, 3.63) is 47.5 Å². The Bertz CT molecular complexity index is 1110. The average Bonchev–Trinajstić information content (AvgIpc) is 3.35. The molecule has 3 rings (SSSR count). The van der Waals surface area contributed by atoms with E-state index in [4.69, 9.17) is 29.2 Å². The molecule has 2 N–H and O–H groups in total. The molecule has 0 unspecified atom stereocenters. The van der Waals surface area contributed by atoms with Crippen LogP contribution in [0.4, 0.5) is 16.5 Å². The molecule has 0 aliphatic heterocycles. The third-order valence-corrected chi connectivity index (χ3v) is 6.53. The standard InChI is InChI=1S/C27H38N4O6S/c1-21-4-3-5-25-26(21)28-27(38-25)30-29-24-7-6-23(20-22(24)2)31(8-12-34-16-18-36-14-10-32)9-13-35-17-19-37-15-11-33/h3-7,20,32-33H,8-19H2,1-2H3. The number of aliphatic hydroxyl groups excluding tert-OH is 2. The Morgan fingerprint density at radius 1 is 0.763 bits per heavy atom. The minimum absolute atomic E-state index is 0.00794. The summed E-state index contributed by atoms with van der Waals surface area (Å²) in [6.45, 7) is 8.95. The number of para-hydroxylation sites is 1. The summed E-state index contributed by atoms with van der Waals surface area (Å²) >= 11 is 1.53. The molecule has 11 heteroatoms. The fourth-order valence-corrected chi connectivity index (χ4v) is 4.52. The second-order valence-electron chi connectivity index (χ2n) is 8.47. The summed E-state index contributed by atoms with van der Waals surface area (Å²) in [5.41, 5.74) is 4.93. The van der Waals surface area contributed by atoms with E-state index in [2.05, 4.69) is 26.2 Å². The average molecular weight is 547 g/mol. The zero-order chi connectivity index (χ0) is 27.0. The highest BCUT2D eigenvalue weighted by atomic mass is 32.1. The minimum atomic E-state index is 0.00794. The molecule has 0 radical (unpaired) electrons. The molecule has 0 saturated heterocycles. The fraction of sp³-hybridized carbons (Fsp3) is 0.519. The Morgan fingerprint density at radius 3 is 1.97 bits per heavy atom. The van der Waals surface area contributed by atoms with E-state index in [1.807, 2.05) is 44.2 Å². The molecule has 0 atom stereocenters. The van der Waals surface area contributed by atoms with Gasteiger partial charge in [-0.1, -0.05) is 23.5 Å². The lowest BCUT2D eigenvalue weighted by Gasteiger charge is -2.25. The van der Waals surface area contributed by atoms with Crippen LogP contribution in [0, 0.1) is 13.8 Å². The number of aliphatic hydroxyl groups is 2. The molecular weight excluding hydrogens is 508 g/mol. The number of aryl methyl sites for hydroxylation is 2. The van der Waals surface area contributed by atoms with Crippen molar-refractivity contribution in [1.29, 1.82) is 0 Å². The van der Waals surface area contributed by atoms with E-state index in [1.54, 1.807) is 0 Å². The zero-order valence-electron chi connectivity index (χ0n) is 22.2. The Kier molecular flexibility index (Phi) is 13.6. The number of hydrogen-bond acceptors (Lipinski definition) is 11. The van der Waals surface area contributed by atoms with Crippen LogP contribution in [0.25, 0.3) is 10.2 Å². The first kappa shape index (κ1) is 30.0. The van der Waals surface area contributed by atoms with Gasteiger partial charge in [-0.15, -0.1) is 10.2 Å². The number of aromatic nitrogens is 1. The first-order valence-corrected chi connectivity index (χ1v) is 13.6. The van der Waals surface area contributed by atoms with Gasteiger partial charge in [0, 0.05) is 18.8 Å². The maximum atomic E-state index is 8.79. The largest absolute Gasteiger partial charge is 0.394 e. The van der Waals surface area contributed by atoms with Crippen LogP contribution in [0.1, 0.15) is 11.1 Å². The van der Waals surface area contributed by atoms with Crippen molar-refractivity contribution in [1.82, 2.24) is 4.98 Å². The highest BCUT2D eigenvalue weighted by Gasteiger charge is 2.10. The van der Waals surface area contributed by atoms with Gasteiger partial charge < -0.3 is 34.1 Å². The number of rotatable bonds is 19. The fourth-order valence-electron chi connectivity index (χ4n) is 3.65. The topological polar surface area (TPSA) is 118 Å². The van der Waals surface area contributed by atoms with E-state index in [9.17, 15) is 0 Å². The highest BCUT2D eigenvalue weighted by molar-refractivity contribution is 7.21. The number of fused-ring (bicyclic) bond motifs is 1. The van der Waals surface area contributed by atoms with Crippen molar-refractivity contribution < 1.29 is 29.2 Å². The van der Waals surface area contributed by atoms with Gasteiger partial charge in [0.05, 0.1) is 82.0 Å². The second-order valence-corrected chi connectivity index (χ2v) is 9.48. The maximum absolute atomic E-state index is 8.79. The third-order valence-electron chi connectivity index (χ3n) is 5.62. The molecule has 0 fully saturated rings. The van der Waals surface area contributed by atoms with E-state index in [-0.39, 0.29) is 13.2 Å². The first-order chi connectivity index (χ1) is 18.6. The summed E-state index contributed by atoms with van der Waals surface area (Å²) in [6.07, 6.45) is 0. The van der Waals surface area contributed by atoms with Crippen LogP contribution < -0.4 is 4.90 Å². The van der Waals surface area contributed by atoms with E-state index < -0.39 is 0 Å². The number of anilines is 1. The molecule has 38 heavy (non-hydrogen) atoms. The maximum Gasteiger partial charge on any atom is 0.231 e. The van der Waals surface area contributed by atoms with Gasteiger partial charge in [0.25, 0.3) is 0 Å². The molecule has 10 nitrogen and oxygen atoms in total. The van der Waals surface area contributed by atoms with E-state index in [0.29, 0.717) is 71.1 Å². The molecule has 0 saturated carbocycles. The van der Waals surface area contributed by atoms with Gasteiger partial charge in [-0.3, -0.25) is 0 Å². The van der Waals surface area contributed by atoms with Crippen LogP contribution in [-0.4, -0.2) is 94.4 Å². The molecule has 208 valence electrons. The quantitative estimate of drug-likeness (QED) is 0.170. The summed E-state index contributed by atoms with van der Waals surface area (Å²) in [4.78, 5) is 6.81. The molecule has 1 aromatic heterocycles. The van der Waals surface area contributed by atoms with Crippen molar-refractivity contribution >= 4 is 38.1 Å². The van der Waals surface area contributed by atoms with Crippen LogP contribution in [0.2, 0.25) is 0 Å². The predicted molar refractivity (Wildman–Crippen MR) is 149 cm³/mol. The van der Waals surface area contributed by atoms with Gasteiger partial charge in [-0.25, -0.2) is 4.98 Å². The van der Waals surface area contributed by atoms with E-state index >= 15 is 0 Å². The van der Waals surface area contributed by atoms with Crippen molar-refractivity contribution in [3.63, 3.8) is 0 Å². The zero-order valence-corrected chi connectivity index (χ0v) is 23.0. The summed E-state index contributed by atoms with van der Waals surface area (Å²) < 4.78 is 23.0.